The predicted molar refractivity (Wildman–Crippen MR) is 70.7 cm³/mol. The largest absolute Gasteiger partial charge is 0.390 e. The first-order valence-electron chi connectivity index (χ1n) is 6.86. The molecule has 0 aliphatic heterocycles. The monoisotopic (exact) mass is 238 g/mol. The highest BCUT2D eigenvalue weighted by atomic mass is 16.5. The van der Waals surface area contributed by atoms with Crippen molar-refractivity contribution in [3.8, 4) is 11.8 Å². The summed E-state index contributed by atoms with van der Waals surface area (Å²) in [5.41, 5.74) is -0.304. The standard InChI is InChI=1S/C15H26O2/c1-4-6-7-10-14(16)15(17-5-2)11-8-9-13(3)12-15/h13-14,16H,5,7-12H2,1-3H3. The molecule has 1 aliphatic rings. The first-order chi connectivity index (χ1) is 8.14. The van der Waals surface area contributed by atoms with Crippen LogP contribution in [0.3, 0.4) is 0 Å². The fourth-order valence-electron chi connectivity index (χ4n) is 2.96. The molecule has 0 bridgehead atoms. The zero-order valence-corrected chi connectivity index (χ0v) is 11.5. The second kappa shape index (κ2) is 7.03. The lowest BCUT2D eigenvalue weighted by molar-refractivity contribution is -0.148. The van der Waals surface area contributed by atoms with Gasteiger partial charge in [0.15, 0.2) is 0 Å². The number of aliphatic hydroxyl groups is 1. The Bertz CT molecular complexity index is 272. The Morgan fingerprint density at radius 3 is 2.88 bits per heavy atom. The maximum atomic E-state index is 10.4. The Kier molecular flexibility index (Phi) is 6.02. The summed E-state index contributed by atoms with van der Waals surface area (Å²) >= 11 is 0. The molecule has 1 rings (SSSR count). The van der Waals surface area contributed by atoms with Crippen LogP contribution in [0.5, 0.6) is 0 Å². The van der Waals surface area contributed by atoms with Gasteiger partial charge in [-0.25, -0.2) is 0 Å². The molecule has 0 amide bonds. The lowest BCUT2D eigenvalue weighted by atomic mass is 9.74. The third-order valence-corrected chi connectivity index (χ3v) is 3.75. The quantitative estimate of drug-likeness (QED) is 0.746. The summed E-state index contributed by atoms with van der Waals surface area (Å²) in [6.45, 7) is 6.79. The van der Waals surface area contributed by atoms with Gasteiger partial charge >= 0.3 is 0 Å². The third kappa shape index (κ3) is 4.01. The van der Waals surface area contributed by atoms with Crippen LogP contribution in [0.25, 0.3) is 0 Å². The summed E-state index contributed by atoms with van der Waals surface area (Å²) in [5, 5.41) is 10.4. The van der Waals surface area contributed by atoms with Crippen LogP contribution in [0.2, 0.25) is 0 Å². The van der Waals surface area contributed by atoms with E-state index >= 15 is 0 Å². The van der Waals surface area contributed by atoms with E-state index in [4.69, 9.17) is 4.74 Å². The van der Waals surface area contributed by atoms with Crippen molar-refractivity contribution in [3.05, 3.63) is 0 Å². The van der Waals surface area contributed by atoms with Gasteiger partial charge in [-0.2, -0.15) is 0 Å². The van der Waals surface area contributed by atoms with Gasteiger partial charge in [0.2, 0.25) is 0 Å². The number of hydrogen-bond acceptors (Lipinski definition) is 2. The molecule has 2 nitrogen and oxygen atoms in total. The molecule has 0 aromatic rings. The zero-order chi connectivity index (χ0) is 12.7. The van der Waals surface area contributed by atoms with Gasteiger partial charge in [0.1, 0.15) is 0 Å². The number of aliphatic hydroxyl groups excluding tert-OH is 1. The minimum absolute atomic E-state index is 0.304. The van der Waals surface area contributed by atoms with Crippen LogP contribution >= 0.6 is 0 Å². The Balaban J connectivity index is 2.63. The average Bonchev–Trinajstić information content (AvgIpc) is 2.29. The van der Waals surface area contributed by atoms with Crippen molar-refractivity contribution in [2.75, 3.05) is 6.61 Å². The molecule has 98 valence electrons. The first kappa shape index (κ1) is 14.5. The van der Waals surface area contributed by atoms with Crippen LogP contribution in [-0.4, -0.2) is 23.4 Å². The maximum Gasteiger partial charge on any atom is 0.0942 e. The minimum Gasteiger partial charge on any atom is -0.390 e. The summed E-state index contributed by atoms with van der Waals surface area (Å²) < 4.78 is 5.94. The molecule has 3 atom stereocenters. The minimum atomic E-state index is -0.369. The van der Waals surface area contributed by atoms with E-state index in [0.29, 0.717) is 12.5 Å². The van der Waals surface area contributed by atoms with Crippen molar-refractivity contribution in [2.45, 2.75) is 71.0 Å². The molecule has 0 aromatic heterocycles. The van der Waals surface area contributed by atoms with Gasteiger partial charge in [-0.1, -0.05) is 19.8 Å². The fourth-order valence-corrected chi connectivity index (χ4v) is 2.96. The van der Waals surface area contributed by atoms with E-state index in [-0.39, 0.29) is 11.7 Å². The molecule has 0 radical (unpaired) electrons. The molecule has 1 fully saturated rings. The van der Waals surface area contributed by atoms with Crippen molar-refractivity contribution in [2.24, 2.45) is 5.92 Å². The van der Waals surface area contributed by atoms with Gasteiger partial charge in [0.25, 0.3) is 0 Å². The number of rotatable bonds is 5. The number of hydrogen-bond donors (Lipinski definition) is 1. The van der Waals surface area contributed by atoms with Gasteiger partial charge in [-0.05, 0) is 39.0 Å². The van der Waals surface area contributed by atoms with Crippen LogP contribution in [0.15, 0.2) is 0 Å². The predicted octanol–water partition coefficient (Wildman–Crippen LogP) is 3.14. The lowest BCUT2D eigenvalue weighted by Crippen LogP contribution is -2.48. The van der Waals surface area contributed by atoms with Gasteiger partial charge in [0.05, 0.1) is 11.7 Å². The van der Waals surface area contributed by atoms with Crippen molar-refractivity contribution in [1.82, 2.24) is 0 Å². The molecule has 1 aliphatic carbocycles. The molecule has 0 spiro atoms. The SMILES string of the molecule is CC#CCCC(O)C1(OCC)CCCC(C)C1. The molecule has 0 aromatic carbocycles. The van der Waals surface area contributed by atoms with Crippen LogP contribution in [0, 0.1) is 17.8 Å². The van der Waals surface area contributed by atoms with Gasteiger partial charge in [-0.15, -0.1) is 11.8 Å². The number of ether oxygens (including phenoxy) is 1. The van der Waals surface area contributed by atoms with Crippen molar-refractivity contribution in [3.63, 3.8) is 0 Å². The second-order valence-corrected chi connectivity index (χ2v) is 5.18. The van der Waals surface area contributed by atoms with E-state index < -0.39 is 0 Å². The molecular formula is C15H26O2. The fraction of sp³-hybridized carbons (Fsp3) is 0.867. The first-order valence-corrected chi connectivity index (χ1v) is 6.86. The second-order valence-electron chi connectivity index (χ2n) is 5.18. The van der Waals surface area contributed by atoms with E-state index in [0.717, 1.165) is 32.1 Å². The van der Waals surface area contributed by atoms with E-state index in [1.165, 1.54) is 6.42 Å². The summed E-state index contributed by atoms with van der Waals surface area (Å²) in [6, 6.07) is 0. The highest BCUT2D eigenvalue weighted by Gasteiger charge is 2.41. The molecule has 1 saturated carbocycles. The van der Waals surface area contributed by atoms with Gasteiger partial charge < -0.3 is 9.84 Å². The highest BCUT2D eigenvalue weighted by molar-refractivity contribution is 4.99. The van der Waals surface area contributed by atoms with Crippen molar-refractivity contribution in [1.29, 1.82) is 0 Å². The molecule has 3 unspecified atom stereocenters. The highest BCUT2D eigenvalue weighted by Crippen LogP contribution is 2.38. The smallest absolute Gasteiger partial charge is 0.0942 e. The lowest BCUT2D eigenvalue weighted by Gasteiger charge is -2.43. The summed E-state index contributed by atoms with van der Waals surface area (Å²) in [7, 11) is 0. The van der Waals surface area contributed by atoms with E-state index in [9.17, 15) is 5.11 Å². The van der Waals surface area contributed by atoms with Crippen LogP contribution < -0.4 is 0 Å². The molecule has 0 saturated heterocycles. The maximum absolute atomic E-state index is 10.4. The molecule has 1 N–H and O–H groups in total. The Morgan fingerprint density at radius 1 is 1.53 bits per heavy atom. The average molecular weight is 238 g/mol. The topological polar surface area (TPSA) is 29.5 Å². The van der Waals surface area contributed by atoms with E-state index in [2.05, 4.69) is 18.8 Å². The van der Waals surface area contributed by atoms with Crippen molar-refractivity contribution >= 4 is 0 Å². The Hall–Kier alpha value is -0.520. The van der Waals surface area contributed by atoms with Gasteiger partial charge in [0, 0.05) is 13.0 Å². The van der Waals surface area contributed by atoms with Crippen LogP contribution in [0.1, 0.15) is 59.3 Å². The normalized spacial score (nSPS) is 30.5. The summed E-state index contributed by atoms with van der Waals surface area (Å²) in [6.07, 6.45) is 5.53. The molecule has 2 heteroatoms. The Labute approximate surface area is 106 Å². The summed E-state index contributed by atoms with van der Waals surface area (Å²) in [4.78, 5) is 0. The molecule has 17 heavy (non-hydrogen) atoms. The molecule has 0 heterocycles. The van der Waals surface area contributed by atoms with Crippen molar-refractivity contribution < 1.29 is 9.84 Å². The third-order valence-electron chi connectivity index (χ3n) is 3.75. The van der Waals surface area contributed by atoms with E-state index in [1.54, 1.807) is 0 Å². The van der Waals surface area contributed by atoms with E-state index in [1.807, 2.05) is 13.8 Å². The summed E-state index contributed by atoms with van der Waals surface area (Å²) in [5.74, 6) is 6.56. The van der Waals surface area contributed by atoms with Crippen LogP contribution in [-0.2, 0) is 4.74 Å². The molecular weight excluding hydrogens is 212 g/mol. The van der Waals surface area contributed by atoms with Crippen LogP contribution in [0.4, 0.5) is 0 Å². The zero-order valence-electron chi connectivity index (χ0n) is 11.5. The van der Waals surface area contributed by atoms with Gasteiger partial charge in [-0.3, -0.25) is 0 Å². The Morgan fingerprint density at radius 2 is 2.29 bits per heavy atom.